The molecule has 1 aliphatic rings. The van der Waals surface area contributed by atoms with Crippen molar-refractivity contribution in [3.63, 3.8) is 0 Å². The average Bonchev–Trinajstić information content (AvgIpc) is 1.85. The van der Waals surface area contributed by atoms with Crippen molar-refractivity contribution in [2.24, 2.45) is 0 Å². The van der Waals surface area contributed by atoms with Gasteiger partial charge in [0.25, 0.3) is 0 Å². The van der Waals surface area contributed by atoms with Crippen molar-refractivity contribution < 1.29 is 9.53 Å². The van der Waals surface area contributed by atoms with Gasteiger partial charge in [-0.15, -0.1) is 0 Å². The van der Waals surface area contributed by atoms with Gasteiger partial charge >= 0.3 is 6.09 Å². The summed E-state index contributed by atoms with van der Waals surface area (Å²) >= 11 is 0. The molecule has 0 aliphatic carbocycles. The molecule has 0 N–H and O–H groups in total. The predicted octanol–water partition coefficient (Wildman–Crippen LogP) is 1.63. The Morgan fingerprint density at radius 1 is 1.64 bits per heavy atom. The number of hydrogen-bond donors (Lipinski definition) is 0. The molecule has 64 valence electrons. The zero-order valence-electron chi connectivity index (χ0n) is 7.33. The van der Waals surface area contributed by atoms with Gasteiger partial charge in [0.05, 0.1) is 6.61 Å². The van der Waals surface area contributed by atoms with Crippen molar-refractivity contribution >= 4 is 6.09 Å². The van der Waals surface area contributed by atoms with Crippen LogP contribution in [0.1, 0.15) is 27.2 Å². The van der Waals surface area contributed by atoms with Crippen molar-refractivity contribution in [3.8, 4) is 0 Å². The number of hydrogen-bond acceptors (Lipinski definition) is 2. The van der Waals surface area contributed by atoms with E-state index in [2.05, 4.69) is 6.92 Å². The van der Waals surface area contributed by atoms with Crippen molar-refractivity contribution in [2.45, 2.75) is 39.3 Å². The van der Waals surface area contributed by atoms with Crippen LogP contribution in [0.4, 0.5) is 4.79 Å². The summed E-state index contributed by atoms with van der Waals surface area (Å²) in [5.74, 6) is 0. The Morgan fingerprint density at radius 3 is 2.64 bits per heavy atom. The molecular weight excluding hydrogens is 142 g/mol. The van der Waals surface area contributed by atoms with E-state index in [-0.39, 0.29) is 12.1 Å². The fourth-order valence-corrected chi connectivity index (χ4v) is 1.43. The molecule has 0 bridgehead atoms. The van der Waals surface area contributed by atoms with Gasteiger partial charge < -0.3 is 9.64 Å². The van der Waals surface area contributed by atoms with Crippen molar-refractivity contribution in [3.05, 3.63) is 0 Å². The second-order valence-corrected chi connectivity index (χ2v) is 3.25. The number of ether oxygens (including phenoxy) is 1. The summed E-state index contributed by atoms with van der Waals surface area (Å²) in [6.07, 6.45) is 0.781. The molecule has 0 aromatic rings. The fraction of sp³-hybridized carbons (Fsp3) is 0.875. The first kappa shape index (κ1) is 8.37. The molecule has 1 fully saturated rings. The summed E-state index contributed by atoms with van der Waals surface area (Å²) in [4.78, 5) is 12.9. The largest absolute Gasteiger partial charge is 0.449 e. The van der Waals surface area contributed by atoms with Crippen LogP contribution in [-0.4, -0.2) is 29.7 Å². The highest BCUT2D eigenvalue weighted by molar-refractivity contribution is 5.69. The van der Waals surface area contributed by atoms with Gasteiger partial charge in [-0.05, 0) is 20.8 Å². The monoisotopic (exact) mass is 157 g/mol. The van der Waals surface area contributed by atoms with E-state index < -0.39 is 0 Å². The van der Waals surface area contributed by atoms with Crippen molar-refractivity contribution in [2.75, 3.05) is 6.61 Å². The minimum Gasteiger partial charge on any atom is -0.449 e. The minimum absolute atomic E-state index is 0.168. The molecule has 3 nitrogen and oxygen atoms in total. The number of nitrogens with zero attached hydrogens (tertiary/aromatic N) is 1. The molecule has 0 saturated carbocycles. The first-order chi connectivity index (χ1) is 5.13. The van der Waals surface area contributed by atoms with Gasteiger partial charge in [0, 0.05) is 18.5 Å². The Labute approximate surface area is 67.3 Å². The maximum Gasteiger partial charge on any atom is 0.410 e. The van der Waals surface area contributed by atoms with Crippen LogP contribution in [0.5, 0.6) is 0 Å². The minimum atomic E-state index is -0.168. The Hall–Kier alpha value is -0.730. The Kier molecular flexibility index (Phi) is 2.37. The molecule has 1 heterocycles. The van der Waals surface area contributed by atoms with E-state index in [1.165, 1.54) is 0 Å². The van der Waals surface area contributed by atoms with E-state index in [1.54, 1.807) is 4.90 Å². The molecule has 11 heavy (non-hydrogen) atoms. The number of carbonyl (C=O) groups excluding carboxylic acids is 1. The first-order valence-electron chi connectivity index (χ1n) is 4.08. The van der Waals surface area contributed by atoms with Crippen LogP contribution in [0, 0.1) is 0 Å². The lowest BCUT2D eigenvalue weighted by Crippen LogP contribution is -2.47. The first-order valence-corrected chi connectivity index (χ1v) is 4.08. The third-order valence-electron chi connectivity index (χ3n) is 2.00. The summed E-state index contributed by atoms with van der Waals surface area (Å²) in [5.41, 5.74) is 0. The van der Waals surface area contributed by atoms with Crippen molar-refractivity contribution in [1.29, 1.82) is 0 Å². The van der Waals surface area contributed by atoms with E-state index in [1.807, 2.05) is 13.8 Å². The molecule has 1 aliphatic heterocycles. The van der Waals surface area contributed by atoms with Gasteiger partial charge in [0.1, 0.15) is 0 Å². The molecule has 1 atom stereocenters. The lowest BCUT2D eigenvalue weighted by Gasteiger charge is -2.35. The zero-order chi connectivity index (χ0) is 8.43. The van der Waals surface area contributed by atoms with Crippen LogP contribution in [0.2, 0.25) is 0 Å². The molecule has 0 aromatic carbocycles. The predicted molar refractivity (Wildman–Crippen MR) is 42.4 cm³/mol. The normalized spacial score (nSPS) is 25.6. The average molecular weight is 157 g/mol. The molecule has 0 aromatic heterocycles. The highest BCUT2D eigenvalue weighted by Gasteiger charge is 2.27. The maximum atomic E-state index is 11.1. The molecule has 1 amide bonds. The Bertz CT molecular complexity index is 156. The van der Waals surface area contributed by atoms with Gasteiger partial charge in [0.2, 0.25) is 0 Å². The van der Waals surface area contributed by atoms with Crippen LogP contribution >= 0.6 is 0 Å². The second-order valence-electron chi connectivity index (χ2n) is 3.25. The van der Waals surface area contributed by atoms with E-state index in [4.69, 9.17) is 4.74 Å². The van der Waals surface area contributed by atoms with Gasteiger partial charge in [-0.2, -0.15) is 0 Å². The summed E-state index contributed by atoms with van der Waals surface area (Å²) in [7, 11) is 0. The van der Waals surface area contributed by atoms with Gasteiger partial charge in [-0.25, -0.2) is 4.79 Å². The molecule has 1 unspecified atom stereocenters. The van der Waals surface area contributed by atoms with Crippen LogP contribution < -0.4 is 0 Å². The highest BCUT2D eigenvalue weighted by atomic mass is 16.6. The van der Waals surface area contributed by atoms with Crippen LogP contribution in [0.25, 0.3) is 0 Å². The van der Waals surface area contributed by atoms with Gasteiger partial charge in [-0.1, -0.05) is 0 Å². The van der Waals surface area contributed by atoms with E-state index in [0.717, 1.165) is 6.42 Å². The molecule has 0 spiro atoms. The van der Waals surface area contributed by atoms with Gasteiger partial charge in [0.15, 0.2) is 0 Å². The maximum absolute atomic E-state index is 11.1. The molecule has 3 heteroatoms. The summed E-state index contributed by atoms with van der Waals surface area (Å²) < 4.78 is 4.91. The lowest BCUT2D eigenvalue weighted by molar-refractivity contribution is 0.0359. The Balaban J connectivity index is 2.63. The van der Waals surface area contributed by atoms with Crippen LogP contribution in [0.15, 0.2) is 0 Å². The summed E-state index contributed by atoms with van der Waals surface area (Å²) in [6, 6.07) is 0.578. The topological polar surface area (TPSA) is 29.5 Å². The van der Waals surface area contributed by atoms with E-state index >= 15 is 0 Å². The van der Waals surface area contributed by atoms with Crippen molar-refractivity contribution in [1.82, 2.24) is 4.90 Å². The number of carbonyl (C=O) groups is 1. The number of amides is 1. The van der Waals surface area contributed by atoms with E-state index in [0.29, 0.717) is 12.6 Å². The van der Waals surface area contributed by atoms with Crippen LogP contribution in [-0.2, 0) is 4.74 Å². The third-order valence-corrected chi connectivity index (χ3v) is 2.00. The highest BCUT2D eigenvalue weighted by Crippen LogP contribution is 2.15. The molecular formula is C8H15NO2. The molecule has 1 saturated heterocycles. The molecule has 0 radical (unpaired) electrons. The summed E-state index contributed by atoms with van der Waals surface area (Å²) in [5, 5.41) is 0. The smallest absolute Gasteiger partial charge is 0.410 e. The van der Waals surface area contributed by atoms with Crippen LogP contribution in [0.3, 0.4) is 0 Å². The molecule has 1 rings (SSSR count). The fourth-order valence-electron chi connectivity index (χ4n) is 1.43. The second kappa shape index (κ2) is 3.11. The van der Waals surface area contributed by atoms with Gasteiger partial charge in [-0.3, -0.25) is 0 Å². The zero-order valence-corrected chi connectivity index (χ0v) is 7.33. The quantitative estimate of drug-likeness (QED) is 0.579. The number of rotatable bonds is 1. The SMILES string of the molecule is CC(C)N1C(=O)OCCC1C. The lowest BCUT2D eigenvalue weighted by atomic mass is 10.1. The Morgan fingerprint density at radius 2 is 2.27 bits per heavy atom. The third kappa shape index (κ3) is 1.64. The van der Waals surface area contributed by atoms with E-state index in [9.17, 15) is 4.79 Å². The standard InChI is InChI=1S/C8H15NO2/c1-6(2)9-7(3)4-5-11-8(9)10/h6-7H,4-5H2,1-3H3. The number of cyclic esters (lactones) is 1. The summed E-state index contributed by atoms with van der Waals surface area (Å²) in [6.45, 7) is 6.63.